The van der Waals surface area contributed by atoms with E-state index in [0.29, 0.717) is 5.92 Å². The Bertz CT molecular complexity index is 507. The lowest BCUT2D eigenvalue weighted by atomic mass is 9.97. The first kappa shape index (κ1) is 17.8. The molecule has 1 aromatic heterocycles. The van der Waals surface area contributed by atoms with Gasteiger partial charge in [-0.3, -0.25) is 9.79 Å². The van der Waals surface area contributed by atoms with E-state index >= 15 is 0 Å². The van der Waals surface area contributed by atoms with Crippen LogP contribution in [0.5, 0.6) is 0 Å². The van der Waals surface area contributed by atoms with Crippen LogP contribution in [0.25, 0.3) is 0 Å². The van der Waals surface area contributed by atoms with Gasteiger partial charge in [0.1, 0.15) is 0 Å². The number of aliphatic imine (C=N–C) groups is 1. The second-order valence-corrected chi connectivity index (χ2v) is 7.16. The van der Waals surface area contributed by atoms with Gasteiger partial charge in [0.15, 0.2) is 5.96 Å². The van der Waals surface area contributed by atoms with E-state index < -0.39 is 0 Å². The molecule has 2 heterocycles. The Hall–Kier alpha value is -1.56. The molecular weight excluding hydrogens is 308 g/mol. The normalized spacial score (nSPS) is 16.5. The fourth-order valence-electron chi connectivity index (χ4n) is 2.91. The van der Waals surface area contributed by atoms with Crippen molar-refractivity contribution >= 4 is 23.2 Å². The van der Waals surface area contributed by atoms with Gasteiger partial charge < -0.3 is 15.1 Å². The van der Waals surface area contributed by atoms with E-state index in [1.165, 1.54) is 4.88 Å². The number of carbonyl (C=O) groups is 1. The fraction of sp³-hybridized carbons (Fsp3) is 0.647. The smallest absolute Gasteiger partial charge is 0.219 e. The lowest BCUT2D eigenvalue weighted by Crippen LogP contribution is -2.44. The maximum absolute atomic E-state index is 11.4. The van der Waals surface area contributed by atoms with Gasteiger partial charge in [-0.1, -0.05) is 6.07 Å². The van der Waals surface area contributed by atoms with Gasteiger partial charge >= 0.3 is 0 Å². The summed E-state index contributed by atoms with van der Waals surface area (Å²) in [6, 6.07) is 4.28. The summed E-state index contributed by atoms with van der Waals surface area (Å²) in [5, 5.41) is 5.61. The minimum Gasteiger partial charge on any atom is -0.356 e. The molecule has 1 aliphatic rings. The maximum Gasteiger partial charge on any atom is 0.219 e. The number of likely N-dealkylation sites (N-methyl/N-ethyl adjacent to an activating group) is 1. The Labute approximate surface area is 143 Å². The van der Waals surface area contributed by atoms with E-state index in [1.54, 1.807) is 18.3 Å². The Morgan fingerprint density at radius 1 is 1.48 bits per heavy atom. The number of likely N-dealkylation sites (tertiary alicyclic amines) is 1. The standard InChI is InChI=1S/C17H28N4OS/c1-14(22)21-10-6-15(7-11-21)13-19-17(18-2)20(3)9-8-16-5-4-12-23-16/h4-5,12,15H,6-11,13H2,1-3H3,(H,18,19). The first-order valence-electron chi connectivity index (χ1n) is 8.30. The van der Waals surface area contributed by atoms with E-state index in [1.807, 2.05) is 11.9 Å². The monoisotopic (exact) mass is 336 g/mol. The fourth-order valence-corrected chi connectivity index (χ4v) is 3.61. The molecule has 1 fully saturated rings. The Balaban J connectivity index is 1.71. The van der Waals surface area contributed by atoms with Crippen LogP contribution in [0.4, 0.5) is 0 Å². The van der Waals surface area contributed by atoms with Crippen LogP contribution in [-0.4, -0.2) is 61.9 Å². The van der Waals surface area contributed by atoms with Crippen molar-refractivity contribution in [1.29, 1.82) is 0 Å². The van der Waals surface area contributed by atoms with Crippen LogP contribution in [-0.2, 0) is 11.2 Å². The van der Waals surface area contributed by atoms with E-state index in [0.717, 1.165) is 51.4 Å². The van der Waals surface area contributed by atoms with Crippen LogP contribution in [0, 0.1) is 5.92 Å². The molecule has 5 nitrogen and oxygen atoms in total. The summed E-state index contributed by atoms with van der Waals surface area (Å²) in [4.78, 5) is 21.3. The van der Waals surface area contributed by atoms with Crippen molar-refractivity contribution in [3.05, 3.63) is 22.4 Å². The summed E-state index contributed by atoms with van der Waals surface area (Å²) in [5.74, 6) is 1.77. The van der Waals surface area contributed by atoms with E-state index in [9.17, 15) is 4.79 Å². The van der Waals surface area contributed by atoms with Crippen molar-refractivity contribution in [2.24, 2.45) is 10.9 Å². The molecule has 0 saturated carbocycles. The Morgan fingerprint density at radius 3 is 2.78 bits per heavy atom. The van der Waals surface area contributed by atoms with Gasteiger partial charge in [0.2, 0.25) is 5.91 Å². The SMILES string of the molecule is CN=C(NCC1CCN(C(C)=O)CC1)N(C)CCc1cccs1. The quantitative estimate of drug-likeness (QED) is 0.661. The molecule has 2 rings (SSSR count). The highest BCUT2D eigenvalue weighted by molar-refractivity contribution is 7.09. The van der Waals surface area contributed by atoms with E-state index in [2.05, 4.69) is 39.8 Å². The predicted molar refractivity (Wildman–Crippen MR) is 97.0 cm³/mol. The highest BCUT2D eigenvalue weighted by atomic mass is 32.1. The molecule has 1 aliphatic heterocycles. The number of nitrogens with zero attached hydrogens (tertiary/aromatic N) is 3. The molecule has 0 atom stereocenters. The third kappa shape index (κ3) is 5.53. The maximum atomic E-state index is 11.4. The number of rotatable bonds is 5. The minimum atomic E-state index is 0.195. The molecule has 0 radical (unpaired) electrons. The lowest BCUT2D eigenvalue weighted by Gasteiger charge is -2.32. The third-order valence-electron chi connectivity index (χ3n) is 4.46. The van der Waals surface area contributed by atoms with Gasteiger partial charge in [0.05, 0.1) is 0 Å². The van der Waals surface area contributed by atoms with Crippen LogP contribution in [0.15, 0.2) is 22.5 Å². The summed E-state index contributed by atoms with van der Waals surface area (Å²) >= 11 is 1.80. The molecule has 0 bridgehead atoms. The average Bonchev–Trinajstić information content (AvgIpc) is 3.07. The average molecular weight is 337 g/mol. The van der Waals surface area contributed by atoms with Crippen LogP contribution in [0.2, 0.25) is 0 Å². The molecule has 6 heteroatoms. The summed E-state index contributed by atoms with van der Waals surface area (Å²) in [7, 11) is 3.92. The molecular formula is C17H28N4OS. The van der Waals surface area contributed by atoms with Crippen LogP contribution in [0.1, 0.15) is 24.6 Å². The van der Waals surface area contributed by atoms with Crippen molar-refractivity contribution in [3.63, 3.8) is 0 Å². The predicted octanol–water partition coefficient (Wildman–Crippen LogP) is 2.06. The number of amides is 1. The van der Waals surface area contributed by atoms with Gasteiger partial charge in [-0.15, -0.1) is 11.3 Å². The summed E-state index contributed by atoms with van der Waals surface area (Å²) in [6.45, 7) is 5.32. The largest absolute Gasteiger partial charge is 0.356 e. The van der Waals surface area contributed by atoms with Gasteiger partial charge in [0, 0.05) is 52.1 Å². The molecule has 0 aromatic carbocycles. The number of hydrogen-bond acceptors (Lipinski definition) is 3. The molecule has 128 valence electrons. The highest BCUT2D eigenvalue weighted by Gasteiger charge is 2.21. The highest BCUT2D eigenvalue weighted by Crippen LogP contribution is 2.16. The number of carbonyl (C=O) groups excluding carboxylic acids is 1. The van der Waals surface area contributed by atoms with Crippen molar-refractivity contribution in [2.75, 3.05) is 40.3 Å². The molecule has 1 aromatic rings. The van der Waals surface area contributed by atoms with E-state index in [4.69, 9.17) is 0 Å². The second-order valence-electron chi connectivity index (χ2n) is 6.13. The molecule has 1 amide bonds. The zero-order valence-corrected chi connectivity index (χ0v) is 15.2. The lowest BCUT2D eigenvalue weighted by molar-refractivity contribution is -0.130. The summed E-state index contributed by atoms with van der Waals surface area (Å²) < 4.78 is 0. The van der Waals surface area contributed by atoms with Gasteiger partial charge in [-0.05, 0) is 36.6 Å². The first-order valence-corrected chi connectivity index (χ1v) is 9.17. The molecule has 0 aliphatic carbocycles. The zero-order chi connectivity index (χ0) is 16.7. The number of nitrogens with one attached hydrogen (secondary N) is 1. The van der Waals surface area contributed by atoms with Crippen molar-refractivity contribution in [2.45, 2.75) is 26.2 Å². The zero-order valence-electron chi connectivity index (χ0n) is 14.4. The van der Waals surface area contributed by atoms with Gasteiger partial charge in [-0.2, -0.15) is 0 Å². The number of hydrogen-bond donors (Lipinski definition) is 1. The summed E-state index contributed by atoms with van der Waals surface area (Å²) in [6.07, 6.45) is 3.19. The van der Waals surface area contributed by atoms with Gasteiger partial charge in [0.25, 0.3) is 0 Å². The second kappa shape index (κ2) is 8.91. The number of guanidine groups is 1. The first-order chi connectivity index (χ1) is 11.1. The van der Waals surface area contributed by atoms with Crippen molar-refractivity contribution in [3.8, 4) is 0 Å². The summed E-state index contributed by atoms with van der Waals surface area (Å²) in [5.41, 5.74) is 0. The Morgan fingerprint density at radius 2 is 2.22 bits per heavy atom. The van der Waals surface area contributed by atoms with Crippen molar-refractivity contribution < 1.29 is 4.79 Å². The van der Waals surface area contributed by atoms with Crippen LogP contribution >= 0.6 is 11.3 Å². The van der Waals surface area contributed by atoms with Crippen LogP contribution < -0.4 is 5.32 Å². The topological polar surface area (TPSA) is 47.9 Å². The van der Waals surface area contributed by atoms with Crippen LogP contribution in [0.3, 0.4) is 0 Å². The minimum absolute atomic E-state index is 0.195. The van der Waals surface area contributed by atoms with E-state index in [-0.39, 0.29) is 5.91 Å². The molecule has 1 saturated heterocycles. The van der Waals surface area contributed by atoms with Gasteiger partial charge in [-0.25, -0.2) is 0 Å². The molecule has 1 N–H and O–H groups in total. The third-order valence-corrected chi connectivity index (χ3v) is 5.39. The number of piperidine rings is 1. The molecule has 0 spiro atoms. The molecule has 0 unspecified atom stereocenters. The van der Waals surface area contributed by atoms with Crippen molar-refractivity contribution in [1.82, 2.24) is 15.1 Å². The Kier molecular flexibility index (Phi) is 6.89. The molecule has 23 heavy (non-hydrogen) atoms. The number of thiophene rings is 1.